The van der Waals surface area contributed by atoms with Gasteiger partial charge >= 0.3 is 0 Å². The molecule has 0 saturated heterocycles. The van der Waals surface area contributed by atoms with E-state index in [2.05, 4.69) is 59.2 Å². The molecule has 1 aromatic heterocycles. The summed E-state index contributed by atoms with van der Waals surface area (Å²) in [4.78, 5) is 8.98. The highest BCUT2D eigenvalue weighted by atomic mass is 15.2. The van der Waals surface area contributed by atoms with Crippen molar-refractivity contribution >= 4 is 5.69 Å². The van der Waals surface area contributed by atoms with Gasteiger partial charge in [0.15, 0.2) is 0 Å². The molecule has 2 aromatic rings. The Balaban J connectivity index is 2.10. The highest BCUT2D eigenvalue weighted by Gasteiger charge is 2.07. The zero-order valence-electron chi connectivity index (χ0n) is 11.7. The van der Waals surface area contributed by atoms with Gasteiger partial charge in [-0.2, -0.15) is 0 Å². The number of pyridine rings is 1. The molecule has 0 saturated carbocycles. The summed E-state index contributed by atoms with van der Waals surface area (Å²) >= 11 is 0. The molecule has 2 rings (SSSR count). The smallest absolute Gasteiger partial charge is 0.0602 e. The molecule has 0 spiro atoms. The molecule has 0 radical (unpaired) electrons. The monoisotopic (exact) mass is 255 g/mol. The number of nitrogens with zero attached hydrogens (tertiary/aromatic N) is 3. The van der Waals surface area contributed by atoms with Gasteiger partial charge in [0.05, 0.1) is 12.2 Å². The lowest BCUT2D eigenvalue weighted by molar-refractivity contribution is 0.412. The van der Waals surface area contributed by atoms with Crippen LogP contribution in [0.15, 0.2) is 54.7 Å². The molecule has 0 atom stereocenters. The van der Waals surface area contributed by atoms with Gasteiger partial charge < -0.3 is 9.80 Å². The molecule has 100 valence electrons. The van der Waals surface area contributed by atoms with E-state index in [1.54, 1.807) is 0 Å². The highest BCUT2D eigenvalue weighted by molar-refractivity contribution is 5.46. The maximum absolute atomic E-state index is 4.42. The van der Waals surface area contributed by atoms with E-state index >= 15 is 0 Å². The van der Waals surface area contributed by atoms with Crippen molar-refractivity contribution in [2.75, 3.05) is 32.1 Å². The molecule has 0 fully saturated rings. The lowest BCUT2D eigenvalue weighted by Crippen LogP contribution is -2.31. The van der Waals surface area contributed by atoms with E-state index in [-0.39, 0.29) is 0 Å². The number of likely N-dealkylation sites (N-methyl/N-ethyl adjacent to an activating group) is 1. The maximum Gasteiger partial charge on any atom is 0.0602 e. The van der Waals surface area contributed by atoms with Gasteiger partial charge in [-0.1, -0.05) is 24.3 Å². The zero-order chi connectivity index (χ0) is 13.5. The van der Waals surface area contributed by atoms with Crippen LogP contribution in [0.3, 0.4) is 0 Å². The van der Waals surface area contributed by atoms with Gasteiger partial charge in [0.2, 0.25) is 0 Å². The van der Waals surface area contributed by atoms with Crippen molar-refractivity contribution in [2.24, 2.45) is 0 Å². The second-order valence-electron chi connectivity index (χ2n) is 4.88. The second kappa shape index (κ2) is 6.90. The second-order valence-corrected chi connectivity index (χ2v) is 4.88. The molecule has 0 unspecified atom stereocenters. The van der Waals surface area contributed by atoms with Crippen LogP contribution < -0.4 is 4.90 Å². The first kappa shape index (κ1) is 13.6. The van der Waals surface area contributed by atoms with Crippen molar-refractivity contribution in [2.45, 2.75) is 6.54 Å². The van der Waals surface area contributed by atoms with Crippen LogP contribution >= 0.6 is 0 Å². The van der Waals surface area contributed by atoms with E-state index in [4.69, 9.17) is 0 Å². The standard InChI is InChI=1S/C16H21N3/c1-18(2)12-13-19(16-9-4-3-5-10-16)14-15-8-6-7-11-17-15/h3-11H,12-14H2,1-2H3. The van der Waals surface area contributed by atoms with Crippen molar-refractivity contribution in [3.63, 3.8) is 0 Å². The molecular formula is C16H21N3. The minimum atomic E-state index is 0.846. The molecule has 0 aliphatic carbocycles. The van der Waals surface area contributed by atoms with E-state index in [9.17, 15) is 0 Å². The molecule has 1 heterocycles. The Bertz CT molecular complexity index is 468. The molecule has 0 aliphatic heterocycles. The average Bonchev–Trinajstić information content (AvgIpc) is 2.45. The van der Waals surface area contributed by atoms with Crippen molar-refractivity contribution < 1.29 is 0 Å². The van der Waals surface area contributed by atoms with Crippen molar-refractivity contribution in [3.8, 4) is 0 Å². The minimum absolute atomic E-state index is 0.846. The van der Waals surface area contributed by atoms with Gasteiger partial charge in [-0.3, -0.25) is 4.98 Å². The largest absolute Gasteiger partial charge is 0.364 e. The lowest BCUT2D eigenvalue weighted by Gasteiger charge is -2.26. The van der Waals surface area contributed by atoms with Crippen molar-refractivity contribution in [1.29, 1.82) is 0 Å². The molecule has 0 amide bonds. The number of para-hydroxylation sites is 1. The summed E-state index contributed by atoms with van der Waals surface area (Å²) in [5.74, 6) is 0. The van der Waals surface area contributed by atoms with Gasteiger partial charge in [-0.15, -0.1) is 0 Å². The van der Waals surface area contributed by atoms with E-state index < -0.39 is 0 Å². The number of benzene rings is 1. The number of anilines is 1. The van der Waals surface area contributed by atoms with E-state index in [0.29, 0.717) is 0 Å². The molecular weight excluding hydrogens is 234 g/mol. The fraction of sp³-hybridized carbons (Fsp3) is 0.312. The van der Waals surface area contributed by atoms with Gasteiger partial charge in [0.25, 0.3) is 0 Å². The summed E-state index contributed by atoms with van der Waals surface area (Å²) in [5, 5.41) is 0. The first-order valence-electron chi connectivity index (χ1n) is 6.60. The molecule has 0 bridgehead atoms. The predicted molar refractivity (Wildman–Crippen MR) is 80.3 cm³/mol. The van der Waals surface area contributed by atoms with Crippen LogP contribution in [0.4, 0.5) is 5.69 Å². The summed E-state index contributed by atoms with van der Waals surface area (Å²) in [6, 6.07) is 16.6. The molecule has 3 heteroatoms. The lowest BCUT2D eigenvalue weighted by atomic mass is 10.2. The predicted octanol–water partition coefficient (Wildman–Crippen LogP) is 2.65. The summed E-state index contributed by atoms with van der Waals surface area (Å²) in [6.45, 7) is 2.87. The van der Waals surface area contributed by atoms with Crippen molar-refractivity contribution in [3.05, 3.63) is 60.4 Å². The number of rotatable bonds is 6. The third-order valence-electron chi connectivity index (χ3n) is 3.02. The fourth-order valence-corrected chi connectivity index (χ4v) is 1.95. The van der Waals surface area contributed by atoms with Crippen LogP contribution in [-0.2, 0) is 6.54 Å². The van der Waals surface area contributed by atoms with Crippen LogP contribution in [0.25, 0.3) is 0 Å². The highest BCUT2D eigenvalue weighted by Crippen LogP contribution is 2.15. The third kappa shape index (κ3) is 4.38. The Hall–Kier alpha value is -1.87. The van der Waals surface area contributed by atoms with Gasteiger partial charge in [0, 0.05) is 25.0 Å². The Morgan fingerprint density at radius 1 is 0.895 bits per heavy atom. The quantitative estimate of drug-likeness (QED) is 0.791. The number of aromatic nitrogens is 1. The molecule has 3 nitrogen and oxygen atoms in total. The fourth-order valence-electron chi connectivity index (χ4n) is 1.95. The van der Waals surface area contributed by atoms with Gasteiger partial charge in [-0.05, 0) is 38.4 Å². The average molecular weight is 255 g/mol. The third-order valence-corrected chi connectivity index (χ3v) is 3.02. The number of hydrogen-bond donors (Lipinski definition) is 0. The van der Waals surface area contributed by atoms with Crippen LogP contribution in [0, 0.1) is 0 Å². The van der Waals surface area contributed by atoms with E-state index in [1.165, 1.54) is 5.69 Å². The zero-order valence-corrected chi connectivity index (χ0v) is 11.7. The number of hydrogen-bond acceptors (Lipinski definition) is 3. The summed E-state index contributed by atoms with van der Waals surface area (Å²) < 4.78 is 0. The van der Waals surface area contributed by atoms with Gasteiger partial charge in [0.1, 0.15) is 0 Å². The Morgan fingerprint density at radius 3 is 2.26 bits per heavy atom. The Kier molecular flexibility index (Phi) is 4.93. The normalized spacial score (nSPS) is 10.7. The molecule has 0 N–H and O–H groups in total. The SMILES string of the molecule is CN(C)CCN(Cc1ccccn1)c1ccccc1. The first-order chi connectivity index (χ1) is 9.25. The van der Waals surface area contributed by atoms with Crippen molar-refractivity contribution in [1.82, 2.24) is 9.88 Å². The molecule has 0 aliphatic rings. The minimum Gasteiger partial charge on any atom is -0.364 e. The first-order valence-corrected chi connectivity index (χ1v) is 6.60. The molecule has 19 heavy (non-hydrogen) atoms. The maximum atomic E-state index is 4.42. The molecule has 1 aromatic carbocycles. The summed E-state index contributed by atoms with van der Waals surface area (Å²) in [5.41, 5.74) is 2.35. The van der Waals surface area contributed by atoms with Crippen LogP contribution in [0.5, 0.6) is 0 Å². The summed E-state index contributed by atoms with van der Waals surface area (Å²) in [6.07, 6.45) is 1.85. The Labute approximate surface area is 115 Å². The Morgan fingerprint density at radius 2 is 1.63 bits per heavy atom. The van der Waals surface area contributed by atoms with Gasteiger partial charge in [-0.25, -0.2) is 0 Å². The van der Waals surface area contributed by atoms with Crippen LogP contribution in [0.1, 0.15) is 5.69 Å². The van der Waals surface area contributed by atoms with Crippen LogP contribution in [0.2, 0.25) is 0 Å². The van der Waals surface area contributed by atoms with E-state index in [1.807, 2.05) is 24.4 Å². The van der Waals surface area contributed by atoms with E-state index in [0.717, 1.165) is 25.3 Å². The summed E-state index contributed by atoms with van der Waals surface area (Å²) in [7, 11) is 4.20. The van der Waals surface area contributed by atoms with Crippen LogP contribution in [-0.4, -0.2) is 37.1 Å². The topological polar surface area (TPSA) is 19.4 Å².